The highest BCUT2D eigenvalue weighted by Gasteiger charge is 2.13. The van der Waals surface area contributed by atoms with E-state index in [-0.39, 0.29) is 5.78 Å². The molecular weight excluding hydrogens is 306 g/mol. The zero-order chi connectivity index (χ0) is 16.8. The quantitative estimate of drug-likeness (QED) is 0.744. The topological polar surface area (TPSA) is 60.7 Å². The van der Waals surface area contributed by atoms with Crippen LogP contribution in [-0.4, -0.2) is 19.5 Å². The fourth-order valence-corrected chi connectivity index (χ4v) is 2.63. The maximum atomic E-state index is 11.3. The van der Waals surface area contributed by atoms with Crippen molar-refractivity contribution < 1.29 is 18.7 Å². The lowest BCUT2D eigenvalue weighted by Crippen LogP contribution is -2.02. The molecule has 1 aromatic heterocycles. The van der Waals surface area contributed by atoms with Crippen LogP contribution in [0.3, 0.4) is 0 Å². The maximum Gasteiger partial charge on any atom is 0.163 e. The number of carbonyl (C=O) groups excluding carboxylic acids is 1. The van der Waals surface area contributed by atoms with Gasteiger partial charge in [0.2, 0.25) is 0 Å². The summed E-state index contributed by atoms with van der Waals surface area (Å²) >= 11 is 0. The zero-order valence-electron chi connectivity index (χ0n) is 13.7. The molecule has 126 valence electrons. The molecule has 1 aromatic carbocycles. The number of nitrogens with one attached hydrogen (secondary N) is 1. The molecule has 0 aliphatic heterocycles. The van der Waals surface area contributed by atoms with Crippen LogP contribution in [0.15, 0.2) is 52.8 Å². The number of allylic oxidation sites excluding steroid dienone is 2. The Morgan fingerprint density at radius 2 is 2.12 bits per heavy atom. The second kappa shape index (κ2) is 7.73. The van der Waals surface area contributed by atoms with Gasteiger partial charge in [-0.1, -0.05) is 0 Å². The lowest BCUT2D eigenvalue weighted by Gasteiger charge is -2.13. The number of rotatable bonds is 8. The SMILES string of the molecule is COc1ccc(NC2=CC(=O)CC2)cc1OCCCc1ccco1. The molecule has 0 fully saturated rings. The third kappa shape index (κ3) is 4.19. The Kier molecular flexibility index (Phi) is 5.21. The number of hydrogen-bond acceptors (Lipinski definition) is 5. The minimum atomic E-state index is 0.167. The molecular formula is C19H21NO4. The van der Waals surface area contributed by atoms with Crippen LogP contribution < -0.4 is 14.8 Å². The first-order chi connectivity index (χ1) is 11.7. The Labute approximate surface area is 141 Å². The van der Waals surface area contributed by atoms with Gasteiger partial charge in [0.1, 0.15) is 5.76 Å². The molecule has 1 N–H and O–H groups in total. The fourth-order valence-electron chi connectivity index (χ4n) is 2.63. The van der Waals surface area contributed by atoms with E-state index in [0.717, 1.165) is 36.4 Å². The van der Waals surface area contributed by atoms with Crippen LogP contribution in [0.2, 0.25) is 0 Å². The van der Waals surface area contributed by atoms with Crippen molar-refractivity contribution in [2.45, 2.75) is 25.7 Å². The van der Waals surface area contributed by atoms with Gasteiger partial charge in [-0.15, -0.1) is 0 Å². The monoisotopic (exact) mass is 327 g/mol. The summed E-state index contributed by atoms with van der Waals surface area (Å²) in [6, 6.07) is 9.52. The van der Waals surface area contributed by atoms with E-state index in [1.165, 1.54) is 0 Å². The number of benzene rings is 1. The largest absolute Gasteiger partial charge is 0.493 e. The van der Waals surface area contributed by atoms with Gasteiger partial charge in [-0.2, -0.15) is 0 Å². The molecule has 0 saturated carbocycles. The molecule has 0 saturated heterocycles. The van der Waals surface area contributed by atoms with Crippen LogP contribution in [0.1, 0.15) is 25.0 Å². The van der Waals surface area contributed by atoms with Crippen molar-refractivity contribution in [1.82, 2.24) is 0 Å². The summed E-state index contributed by atoms with van der Waals surface area (Å²) in [6.07, 6.45) is 6.36. The van der Waals surface area contributed by atoms with Crippen molar-refractivity contribution in [1.29, 1.82) is 0 Å². The summed E-state index contributed by atoms with van der Waals surface area (Å²) in [5, 5.41) is 3.27. The van der Waals surface area contributed by atoms with Crippen LogP contribution >= 0.6 is 0 Å². The molecule has 1 heterocycles. The highest BCUT2D eigenvalue weighted by atomic mass is 16.5. The van der Waals surface area contributed by atoms with Crippen LogP contribution in [-0.2, 0) is 11.2 Å². The van der Waals surface area contributed by atoms with Crippen molar-refractivity contribution in [2.75, 3.05) is 19.0 Å². The third-order valence-electron chi connectivity index (χ3n) is 3.85. The second-order valence-corrected chi connectivity index (χ2v) is 5.66. The second-order valence-electron chi connectivity index (χ2n) is 5.66. The molecule has 0 spiro atoms. The van der Waals surface area contributed by atoms with E-state index in [9.17, 15) is 4.79 Å². The highest BCUT2D eigenvalue weighted by Crippen LogP contribution is 2.31. The average molecular weight is 327 g/mol. The van der Waals surface area contributed by atoms with E-state index < -0.39 is 0 Å². The van der Waals surface area contributed by atoms with Gasteiger partial charge in [0, 0.05) is 36.4 Å². The third-order valence-corrected chi connectivity index (χ3v) is 3.85. The van der Waals surface area contributed by atoms with Gasteiger partial charge in [0.25, 0.3) is 0 Å². The average Bonchev–Trinajstić information content (AvgIpc) is 3.24. The van der Waals surface area contributed by atoms with Gasteiger partial charge >= 0.3 is 0 Å². The van der Waals surface area contributed by atoms with Crippen LogP contribution in [0.4, 0.5) is 5.69 Å². The predicted octanol–water partition coefficient (Wildman–Crippen LogP) is 3.96. The summed E-state index contributed by atoms with van der Waals surface area (Å²) < 4.78 is 16.5. The van der Waals surface area contributed by atoms with Gasteiger partial charge in [-0.25, -0.2) is 0 Å². The molecule has 0 atom stereocenters. The number of carbonyl (C=O) groups is 1. The number of ether oxygens (including phenoxy) is 2. The molecule has 3 rings (SSSR count). The first kappa shape index (κ1) is 16.2. The van der Waals surface area contributed by atoms with Crippen LogP contribution in [0, 0.1) is 0 Å². The Bertz CT molecular complexity index is 719. The highest BCUT2D eigenvalue weighted by molar-refractivity contribution is 5.93. The fraction of sp³-hybridized carbons (Fsp3) is 0.316. The van der Waals surface area contributed by atoms with E-state index >= 15 is 0 Å². The van der Waals surface area contributed by atoms with Gasteiger partial charge in [0.15, 0.2) is 17.3 Å². The number of methoxy groups -OCH3 is 1. The summed E-state index contributed by atoms with van der Waals surface area (Å²) in [5.41, 5.74) is 1.83. The van der Waals surface area contributed by atoms with Crippen molar-refractivity contribution in [3.05, 3.63) is 54.1 Å². The predicted molar refractivity (Wildman–Crippen MR) is 91.5 cm³/mol. The number of ketones is 1. The summed E-state index contributed by atoms with van der Waals surface area (Å²) in [4.78, 5) is 11.3. The zero-order valence-corrected chi connectivity index (χ0v) is 13.7. The maximum absolute atomic E-state index is 11.3. The molecule has 0 amide bonds. The summed E-state index contributed by atoms with van der Waals surface area (Å²) in [7, 11) is 1.62. The molecule has 24 heavy (non-hydrogen) atoms. The van der Waals surface area contributed by atoms with E-state index in [4.69, 9.17) is 13.9 Å². The van der Waals surface area contributed by atoms with Crippen LogP contribution in [0.25, 0.3) is 0 Å². The minimum Gasteiger partial charge on any atom is -0.493 e. The molecule has 5 nitrogen and oxygen atoms in total. The molecule has 2 aromatic rings. The van der Waals surface area contributed by atoms with E-state index in [1.807, 2.05) is 30.3 Å². The molecule has 1 aliphatic carbocycles. The van der Waals surface area contributed by atoms with Crippen molar-refractivity contribution >= 4 is 11.5 Å². The van der Waals surface area contributed by atoms with Gasteiger partial charge < -0.3 is 19.2 Å². The number of aryl methyl sites for hydroxylation is 1. The van der Waals surface area contributed by atoms with E-state index in [1.54, 1.807) is 19.4 Å². The Morgan fingerprint density at radius 3 is 2.83 bits per heavy atom. The Hall–Kier alpha value is -2.69. The summed E-state index contributed by atoms with van der Waals surface area (Å²) in [6.45, 7) is 0.571. The molecule has 0 unspecified atom stereocenters. The van der Waals surface area contributed by atoms with Gasteiger partial charge in [0.05, 0.1) is 20.0 Å². The number of furan rings is 1. The molecule has 5 heteroatoms. The standard InChI is InChI=1S/C19H21NO4/c1-22-18-9-7-15(20-14-6-8-16(21)12-14)13-19(18)24-11-3-5-17-4-2-10-23-17/h2,4,7,9-10,12-13,20H,3,5-6,8,11H2,1H3. The normalized spacial score (nSPS) is 13.7. The molecule has 0 radical (unpaired) electrons. The lowest BCUT2D eigenvalue weighted by atomic mass is 10.2. The first-order valence-electron chi connectivity index (χ1n) is 8.08. The number of hydrogen-bond donors (Lipinski definition) is 1. The first-order valence-corrected chi connectivity index (χ1v) is 8.08. The lowest BCUT2D eigenvalue weighted by molar-refractivity contribution is -0.114. The smallest absolute Gasteiger partial charge is 0.163 e. The minimum absolute atomic E-state index is 0.167. The summed E-state index contributed by atoms with van der Waals surface area (Å²) in [5.74, 6) is 2.50. The van der Waals surface area contributed by atoms with E-state index in [2.05, 4.69) is 5.32 Å². The Balaban J connectivity index is 1.59. The van der Waals surface area contributed by atoms with Gasteiger partial charge in [-0.05, 0) is 37.1 Å². The molecule has 1 aliphatic rings. The van der Waals surface area contributed by atoms with Crippen LogP contribution in [0.5, 0.6) is 11.5 Å². The van der Waals surface area contributed by atoms with Crippen molar-refractivity contribution in [3.63, 3.8) is 0 Å². The Morgan fingerprint density at radius 1 is 1.21 bits per heavy atom. The van der Waals surface area contributed by atoms with Crippen molar-refractivity contribution in [2.24, 2.45) is 0 Å². The molecule has 0 bridgehead atoms. The van der Waals surface area contributed by atoms with E-state index in [0.29, 0.717) is 24.5 Å². The van der Waals surface area contributed by atoms with Gasteiger partial charge in [-0.3, -0.25) is 4.79 Å². The number of anilines is 1. The van der Waals surface area contributed by atoms with Crippen molar-refractivity contribution in [3.8, 4) is 11.5 Å².